The van der Waals surface area contributed by atoms with E-state index in [1.54, 1.807) is 20.8 Å². The van der Waals surface area contributed by atoms with Gasteiger partial charge in [0.15, 0.2) is 0 Å². The molecule has 1 saturated heterocycles. The van der Waals surface area contributed by atoms with Crippen LogP contribution in [0, 0.1) is 0 Å². The molecule has 1 fully saturated rings. The zero-order valence-electron chi connectivity index (χ0n) is 11.2. The van der Waals surface area contributed by atoms with E-state index in [0.717, 1.165) is 12.8 Å². The van der Waals surface area contributed by atoms with Gasteiger partial charge in [-0.1, -0.05) is 6.42 Å². The highest BCUT2D eigenvalue weighted by molar-refractivity contribution is 5.67. The molecule has 106 valence electrons. The average Bonchev–Trinajstić information content (AvgIpc) is 2.26. The van der Waals surface area contributed by atoms with Gasteiger partial charge in [0.1, 0.15) is 5.60 Å². The van der Waals surface area contributed by atoms with Crippen molar-refractivity contribution in [3.63, 3.8) is 0 Å². The molecule has 0 bridgehead atoms. The molecule has 2 N–H and O–H groups in total. The Morgan fingerprint density at radius 1 is 1.39 bits per heavy atom. The van der Waals surface area contributed by atoms with Gasteiger partial charge in [-0.3, -0.25) is 0 Å². The van der Waals surface area contributed by atoms with E-state index < -0.39 is 30.2 Å². The molecule has 1 aliphatic heterocycles. The number of amides is 1. The molecule has 0 aromatic heterocycles. The van der Waals surface area contributed by atoms with Gasteiger partial charge in [-0.2, -0.15) is 0 Å². The summed E-state index contributed by atoms with van der Waals surface area (Å²) in [6, 6.07) is -0.860. The van der Waals surface area contributed by atoms with Gasteiger partial charge >= 0.3 is 6.09 Å². The van der Waals surface area contributed by atoms with Crippen LogP contribution < -0.4 is 10.6 Å². The maximum atomic E-state index is 13.8. The Kier molecular flexibility index (Phi) is 4.90. The quantitative estimate of drug-likeness (QED) is 0.822. The van der Waals surface area contributed by atoms with Crippen molar-refractivity contribution in [2.45, 2.75) is 57.6 Å². The maximum absolute atomic E-state index is 13.8. The molecule has 1 amide bonds. The van der Waals surface area contributed by atoms with Gasteiger partial charge in [0, 0.05) is 0 Å². The molecule has 1 aliphatic rings. The Labute approximate surface area is 106 Å². The molecular weight excluding hydrogens is 242 g/mol. The van der Waals surface area contributed by atoms with Gasteiger partial charge < -0.3 is 15.4 Å². The fourth-order valence-electron chi connectivity index (χ4n) is 1.84. The molecule has 6 heteroatoms. The second kappa shape index (κ2) is 5.82. The van der Waals surface area contributed by atoms with Gasteiger partial charge in [0.05, 0.1) is 12.6 Å². The predicted octanol–water partition coefficient (Wildman–Crippen LogP) is 2.29. The minimum Gasteiger partial charge on any atom is -0.444 e. The lowest BCUT2D eigenvalue weighted by Crippen LogP contribution is -2.53. The molecule has 0 spiro atoms. The molecule has 0 aliphatic carbocycles. The topological polar surface area (TPSA) is 50.4 Å². The fourth-order valence-corrected chi connectivity index (χ4v) is 1.84. The largest absolute Gasteiger partial charge is 0.444 e. The van der Waals surface area contributed by atoms with E-state index in [1.807, 2.05) is 0 Å². The number of carbonyl (C=O) groups is 1. The summed E-state index contributed by atoms with van der Waals surface area (Å²) < 4.78 is 32.5. The van der Waals surface area contributed by atoms with E-state index in [4.69, 9.17) is 4.74 Å². The van der Waals surface area contributed by atoms with E-state index >= 15 is 0 Å². The smallest absolute Gasteiger partial charge is 0.407 e. The number of ether oxygens (including phenoxy) is 1. The van der Waals surface area contributed by atoms with E-state index in [2.05, 4.69) is 10.6 Å². The van der Waals surface area contributed by atoms with Crippen molar-refractivity contribution in [2.24, 2.45) is 0 Å². The molecular formula is C12H22F2N2O2. The second-order valence-corrected chi connectivity index (χ2v) is 5.62. The zero-order valence-corrected chi connectivity index (χ0v) is 11.2. The number of rotatable bonds is 3. The standard InChI is InChI=1S/C12H22F2N2O2/c1-11(2,3)18-10(17)16-8-12(13,14)9-6-4-5-7-15-9/h9,15H,4-8H2,1-3H3,(H,16,17). The molecule has 0 saturated carbocycles. The van der Waals surface area contributed by atoms with Crippen molar-refractivity contribution in [2.75, 3.05) is 13.1 Å². The molecule has 1 heterocycles. The lowest BCUT2D eigenvalue weighted by molar-refractivity contribution is -0.0447. The van der Waals surface area contributed by atoms with Crippen LogP contribution in [0.25, 0.3) is 0 Å². The van der Waals surface area contributed by atoms with Gasteiger partial charge in [0.2, 0.25) is 0 Å². The van der Waals surface area contributed by atoms with Crippen LogP contribution in [0.5, 0.6) is 0 Å². The summed E-state index contributed by atoms with van der Waals surface area (Å²) in [4.78, 5) is 11.3. The number of piperidine rings is 1. The maximum Gasteiger partial charge on any atom is 0.407 e. The van der Waals surface area contributed by atoms with E-state index in [0.29, 0.717) is 13.0 Å². The average molecular weight is 264 g/mol. The highest BCUT2D eigenvalue weighted by Gasteiger charge is 2.40. The summed E-state index contributed by atoms with van der Waals surface area (Å²) in [5.41, 5.74) is -0.678. The third kappa shape index (κ3) is 5.16. The first kappa shape index (κ1) is 15.1. The number of carbonyl (C=O) groups excluding carboxylic acids is 1. The number of alkyl halides is 2. The fraction of sp³-hybridized carbons (Fsp3) is 0.917. The molecule has 18 heavy (non-hydrogen) atoms. The van der Waals surface area contributed by atoms with Crippen LogP contribution in [-0.4, -0.2) is 36.7 Å². The van der Waals surface area contributed by atoms with Crippen molar-refractivity contribution in [1.82, 2.24) is 10.6 Å². The Morgan fingerprint density at radius 3 is 2.56 bits per heavy atom. The summed E-state index contributed by atoms with van der Waals surface area (Å²) in [5, 5.41) is 4.91. The highest BCUT2D eigenvalue weighted by Crippen LogP contribution is 2.24. The molecule has 1 rings (SSSR count). The molecule has 1 atom stereocenters. The number of alkyl carbamates (subject to hydrolysis) is 1. The van der Waals surface area contributed by atoms with Crippen molar-refractivity contribution in [3.05, 3.63) is 0 Å². The molecule has 0 aromatic carbocycles. The summed E-state index contributed by atoms with van der Waals surface area (Å²) in [6.07, 6.45) is 1.34. The van der Waals surface area contributed by atoms with Gasteiger partial charge in [-0.05, 0) is 40.2 Å². The summed E-state index contributed by atoms with van der Waals surface area (Å²) in [5.74, 6) is -2.95. The van der Waals surface area contributed by atoms with Crippen LogP contribution in [0.3, 0.4) is 0 Å². The Balaban J connectivity index is 2.38. The van der Waals surface area contributed by atoms with E-state index in [-0.39, 0.29) is 0 Å². The third-order valence-electron chi connectivity index (χ3n) is 2.69. The minimum absolute atomic E-state index is 0.434. The normalized spacial score (nSPS) is 21.5. The first-order valence-corrected chi connectivity index (χ1v) is 6.29. The number of halogens is 2. The molecule has 1 unspecified atom stereocenters. The number of nitrogens with one attached hydrogen (secondary N) is 2. The van der Waals surface area contributed by atoms with E-state index in [1.165, 1.54) is 0 Å². The first-order valence-electron chi connectivity index (χ1n) is 6.29. The van der Waals surface area contributed by atoms with Crippen LogP contribution >= 0.6 is 0 Å². The summed E-state index contributed by atoms with van der Waals surface area (Å²) in [6.45, 7) is 4.97. The first-order chi connectivity index (χ1) is 8.21. The molecule has 4 nitrogen and oxygen atoms in total. The van der Waals surface area contributed by atoms with Crippen molar-refractivity contribution < 1.29 is 18.3 Å². The highest BCUT2D eigenvalue weighted by atomic mass is 19.3. The Morgan fingerprint density at radius 2 is 2.06 bits per heavy atom. The van der Waals surface area contributed by atoms with Crippen molar-refractivity contribution in [1.29, 1.82) is 0 Å². The number of hydrogen-bond donors (Lipinski definition) is 2. The van der Waals surface area contributed by atoms with Crippen LogP contribution in [0.1, 0.15) is 40.0 Å². The lowest BCUT2D eigenvalue weighted by Gasteiger charge is -2.31. The van der Waals surface area contributed by atoms with Crippen molar-refractivity contribution >= 4 is 6.09 Å². The van der Waals surface area contributed by atoms with E-state index in [9.17, 15) is 13.6 Å². The monoisotopic (exact) mass is 264 g/mol. The SMILES string of the molecule is CC(C)(C)OC(=O)NCC(F)(F)C1CCCCN1. The summed E-state index contributed by atoms with van der Waals surface area (Å²) in [7, 11) is 0. The lowest BCUT2D eigenvalue weighted by atomic mass is 9.99. The van der Waals surface area contributed by atoms with Crippen LogP contribution in [0.15, 0.2) is 0 Å². The second-order valence-electron chi connectivity index (χ2n) is 5.62. The summed E-state index contributed by atoms with van der Waals surface area (Å²) >= 11 is 0. The van der Waals surface area contributed by atoms with Gasteiger partial charge in [-0.25, -0.2) is 13.6 Å². The zero-order chi connectivity index (χ0) is 13.8. The van der Waals surface area contributed by atoms with Crippen molar-refractivity contribution in [3.8, 4) is 0 Å². The van der Waals surface area contributed by atoms with Crippen LogP contribution in [-0.2, 0) is 4.74 Å². The molecule has 0 aromatic rings. The minimum atomic E-state index is -2.95. The number of hydrogen-bond acceptors (Lipinski definition) is 3. The van der Waals surface area contributed by atoms with Gasteiger partial charge in [0.25, 0.3) is 5.92 Å². The van der Waals surface area contributed by atoms with Crippen LogP contribution in [0.2, 0.25) is 0 Å². The predicted molar refractivity (Wildman–Crippen MR) is 64.8 cm³/mol. The third-order valence-corrected chi connectivity index (χ3v) is 2.69. The Bertz CT molecular complexity index is 284. The Hall–Kier alpha value is -0.910. The molecule has 0 radical (unpaired) electrons. The van der Waals surface area contributed by atoms with Gasteiger partial charge in [-0.15, -0.1) is 0 Å². The van der Waals surface area contributed by atoms with Crippen LogP contribution in [0.4, 0.5) is 13.6 Å².